The molecule has 2 aromatic rings. The maximum atomic E-state index is 10.1. The van der Waals surface area contributed by atoms with Crippen molar-refractivity contribution in [1.82, 2.24) is 9.55 Å². The molecule has 1 aromatic carbocycles. The van der Waals surface area contributed by atoms with Gasteiger partial charge >= 0.3 is 0 Å². The molecule has 4 heteroatoms. The number of aryl methyl sites for hydroxylation is 1. The van der Waals surface area contributed by atoms with Crippen molar-refractivity contribution < 1.29 is 5.11 Å². The molecule has 3 N–H and O–H groups in total. The lowest BCUT2D eigenvalue weighted by atomic mass is 9.97. The van der Waals surface area contributed by atoms with Crippen LogP contribution in [0.1, 0.15) is 32.1 Å². The smallest absolute Gasteiger partial charge is 0.106 e. The minimum atomic E-state index is -0.836. The Bertz CT molecular complexity index is 545. The van der Waals surface area contributed by atoms with Crippen molar-refractivity contribution in [2.24, 2.45) is 5.73 Å². The molecule has 0 aliphatic carbocycles. The van der Waals surface area contributed by atoms with Gasteiger partial charge in [0, 0.05) is 12.6 Å². The third-order valence-corrected chi connectivity index (χ3v) is 3.39. The van der Waals surface area contributed by atoms with Gasteiger partial charge in [-0.15, -0.1) is 0 Å². The molecule has 0 saturated heterocycles. The second-order valence-electron chi connectivity index (χ2n) is 5.27. The monoisotopic (exact) mass is 247 g/mol. The fourth-order valence-electron chi connectivity index (χ4n) is 2.53. The number of nitrogens with zero attached hydrogens (tertiary/aromatic N) is 2. The Hall–Kier alpha value is -1.39. The Kier molecular flexibility index (Phi) is 3.41. The molecule has 0 bridgehead atoms. The highest BCUT2D eigenvalue weighted by Crippen LogP contribution is 2.26. The molecule has 0 saturated carbocycles. The standard InChI is InChI=1S/C14H21N3O/c1-10(8-14(3,18)9-15)17-11(2)16-12-6-4-5-7-13(12)17/h4-7,10,18H,8-9,15H2,1-3H3. The molecule has 0 radical (unpaired) electrons. The number of benzene rings is 1. The van der Waals surface area contributed by atoms with Crippen molar-refractivity contribution in [2.45, 2.75) is 38.8 Å². The highest BCUT2D eigenvalue weighted by Gasteiger charge is 2.24. The van der Waals surface area contributed by atoms with Crippen LogP contribution in [0.4, 0.5) is 0 Å². The molecule has 4 nitrogen and oxygen atoms in total. The summed E-state index contributed by atoms with van der Waals surface area (Å²) in [7, 11) is 0. The summed E-state index contributed by atoms with van der Waals surface area (Å²) in [6, 6.07) is 8.22. The number of aliphatic hydroxyl groups is 1. The normalized spacial score (nSPS) is 16.7. The van der Waals surface area contributed by atoms with Gasteiger partial charge in [-0.05, 0) is 39.3 Å². The highest BCUT2D eigenvalue weighted by atomic mass is 16.3. The fraction of sp³-hybridized carbons (Fsp3) is 0.500. The van der Waals surface area contributed by atoms with E-state index in [1.807, 2.05) is 25.1 Å². The Morgan fingerprint density at radius 1 is 1.44 bits per heavy atom. The molecule has 0 spiro atoms. The Morgan fingerprint density at radius 2 is 2.11 bits per heavy atom. The number of nitrogens with two attached hydrogens (primary N) is 1. The molecule has 2 atom stereocenters. The zero-order valence-electron chi connectivity index (χ0n) is 11.2. The second kappa shape index (κ2) is 4.71. The van der Waals surface area contributed by atoms with Gasteiger partial charge in [-0.3, -0.25) is 0 Å². The van der Waals surface area contributed by atoms with E-state index in [1.54, 1.807) is 6.92 Å². The van der Waals surface area contributed by atoms with Gasteiger partial charge in [-0.2, -0.15) is 0 Å². The van der Waals surface area contributed by atoms with Crippen molar-refractivity contribution in [3.63, 3.8) is 0 Å². The molecule has 1 heterocycles. The number of aromatic nitrogens is 2. The summed E-state index contributed by atoms with van der Waals surface area (Å²) in [6.45, 7) is 6.12. The van der Waals surface area contributed by atoms with E-state index < -0.39 is 5.60 Å². The largest absolute Gasteiger partial charge is 0.389 e. The third kappa shape index (κ3) is 2.40. The van der Waals surface area contributed by atoms with Crippen LogP contribution < -0.4 is 5.73 Å². The van der Waals surface area contributed by atoms with Gasteiger partial charge in [-0.25, -0.2) is 4.98 Å². The summed E-state index contributed by atoms with van der Waals surface area (Å²) >= 11 is 0. The van der Waals surface area contributed by atoms with Crippen LogP contribution >= 0.6 is 0 Å². The maximum Gasteiger partial charge on any atom is 0.106 e. The summed E-state index contributed by atoms with van der Waals surface area (Å²) < 4.78 is 2.17. The van der Waals surface area contributed by atoms with Crippen LogP contribution in [0.5, 0.6) is 0 Å². The fourth-order valence-corrected chi connectivity index (χ4v) is 2.53. The highest BCUT2D eigenvalue weighted by molar-refractivity contribution is 5.76. The quantitative estimate of drug-likeness (QED) is 0.868. The topological polar surface area (TPSA) is 64.1 Å². The van der Waals surface area contributed by atoms with Gasteiger partial charge in [0.2, 0.25) is 0 Å². The van der Waals surface area contributed by atoms with Crippen LogP contribution in [0, 0.1) is 6.92 Å². The predicted octanol–water partition coefficient (Wildman–Crippen LogP) is 2.01. The summed E-state index contributed by atoms with van der Waals surface area (Å²) in [5.74, 6) is 0.969. The van der Waals surface area contributed by atoms with E-state index in [1.165, 1.54) is 0 Å². The molecule has 1 aromatic heterocycles. The molecule has 0 fully saturated rings. The van der Waals surface area contributed by atoms with Crippen LogP contribution in [0.25, 0.3) is 11.0 Å². The van der Waals surface area contributed by atoms with Crippen molar-refractivity contribution in [1.29, 1.82) is 0 Å². The zero-order chi connectivity index (χ0) is 13.3. The van der Waals surface area contributed by atoms with Crippen LogP contribution in [-0.2, 0) is 0 Å². The molecule has 2 rings (SSSR count). The Morgan fingerprint density at radius 3 is 2.78 bits per heavy atom. The number of rotatable bonds is 4. The number of hydrogen-bond donors (Lipinski definition) is 2. The van der Waals surface area contributed by atoms with E-state index in [4.69, 9.17) is 5.73 Å². The average molecular weight is 247 g/mol. The summed E-state index contributed by atoms with van der Waals surface area (Å²) in [6.07, 6.45) is 0.616. The van der Waals surface area contributed by atoms with E-state index in [9.17, 15) is 5.11 Å². The Balaban J connectivity index is 2.38. The van der Waals surface area contributed by atoms with E-state index in [2.05, 4.69) is 22.5 Å². The van der Waals surface area contributed by atoms with Crippen molar-refractivity contribution in [2.75, 3.05) is 6.54 Å². The van der Waals surface area contributed by atoms with E-state index >= 15 is 0 Å². The predicted molar refractivity (Wildman–Crippen MR) is 73.5 cm³/mol. The zero-order valence-corrected chi connectivity index (χ0v) is 11.2. The van der Waals surface area contributed by atoms with Crippen LogP contribution in [0.3, 0.4) is 0 Å². The molecule has 2 unspecified atom stereocenters. The number of fused-ring (bicyclic) bond motifs is 1. The SMILES string of the molecule is Cc1nc2ccccc2n1C(C)CC(C)(O)CN. The number of para-hydroxylation sites is 2. The second-order valence-corrected chi connectivity index (χ2v) is 5.27. The number of hydrogen-bond acceptors (Lipinski definition) is 3. The molecular formula is C14H21N3O. The van der Waals surface area contributed by atoms with Gasteiger partial charge in [0.05, 0.1) is 16.6 Å². The van der Waals surface area contributed by atoms with Crippen LogP contribution in [0.2, 0.25) is 0 Å². The van der Waals surface area contributed by atoms with Crippen LogP contribution in [-0.4, -0.2) is 26.8 Å². The minimum Gasteiger partial charge on any atom is -0.389 e. The first-order valence-electron chi connectivity index (χ1n) is 6.30. The first kappa shape index (κ1) is 13.1. The van der Waals surface area contributed by atoms with Crippen molar-refractivity contribution >= 4 is 11.0 Å². The lowest BCUT2D eigenvalue weighted by Crippen LogP contribution is -2.36. The van der Waals surface area contributed by atoms with Gasteiger partial charge in [0.1, 0.15) is 5.82 Å². The molecule has 18 heavy (non-hydrogen) atoms. The molecule has 0 aliphatic heterocycles. The molecule has 0 aliphatic rings. The molecular weight excluding hydrogens is 226 g/mol. The summed E-state index contributed by atoms with van der Waals surface area (Å²) in [5.41, 5.74) is 6.85. The van der Waals surface area contributed by atoms with Crippen molar-refractivity contribution in [3.05, 3.63) is 30.1 Å². The average Bonchev–Trinajstić information content (AvgIpc) is 2.64. The summed E-state index contributed by atoms with van der Waals surface area (Å²) in [5, 5.41) is 10.1. The van der Waals surface area contributed by atoms with E-state index in [0.29, 0.717) is 6.42 Å². The van der Waals surface area contributed by atoms with Gasteiger partial charge in [-0.1, -0.05) is 12.1 Å². The third-order valence-electron chi connectivity index (χ3n) is 3.39. The number of imidazole rings is 1. The van der Waals surface area contributed by atoms with Gasteiger partial charge in [0.25, 0.3) is 0 Å². The first-order chi connectivity index (χ1) is 8.44. The molecule has 98 valence electrons. The Labute approximate surface area is 107 Å². The van der Waals surface area contributed by atoms with Crippen molar-refractivity contribution in [3.8, 4) is 0 Å². The summed E-state index contributed by atoms with van der Waals surface area (Å²) in [4.78, 5) is 4.54. The molecule has 0 amide bonds. The van der Waals surface area contributed by atoms with Crippen LogP contribution in [0.15, 0.2) is 24.3 Å². The first-order valence-corrected chi connectivity index (χ1v) is 6.30. The van der Waals surface area contributed by atoms with Gasteiger partial charge < -0.3 is 15.4 Å². The maximum absolute atomic E-state index is 10.1. The van der Waals surface area contributed by atoms with E-state index in [-0.39, 0.29) is 12.6 Å². The minimum absolute atomic E-state index is 0.163. The van der Waals surface area contributed by atoms with Gasteiger partial charge in [0.15, 0.2) is 0 Å². The van der Waals surface area contributed by atoms with E-state index in [0.717, 1.165) is 16.9 Å². The lowest BCUT2D eigenvalue weighted by Gasteiger charge is -2.26. The lowest BCUT2D eigenvalue weighted by molar-refractivity contribution is 0.0468.